The quantitative estimate of drug-likeness (QED) is 0.838. The molecule has 0 radical (unpaired) electrons. The van der Waals surface area contributed by atoms with Gasteiger partial charge in [0, 0.05) is 30.8 Å². The second-order valence-electron chi connectivity index (χ2n) is 6.21. The number of thioether (sulfide) groups is 1. The molecule has 3 nitrogen and oxygen atoms in total. The zero-order valence-electron chi connectivity index (χ0n) is 12.5. The van der Waals surface area contributed by atoms with Gasteiger partial charge in [-0.25, -0.2) is 0 Å². The van der Waals surface area contributed by atoms with Crippen LogP contribution in [-0.4, -0.2) is 22.8 Å². The van der Waals surface area contributed by atoms with E-state index in [0.717, 1.165) is 5.69 Å². The van der Waals surface area contributed by atoms with Crippen LogP contribution in [0.25, 0.3) is 0 Å². The van der Waals surface area contributed by atoms with Crippen molar-refractivity contribution in [3.8, 4) is 0 Å². The van der Waals surface area contributed by atoms with E-state index in [1.807, 2.05) is 23.1 Å². The number of nitrogens with zero attached hydrogens (tertiary/aromatic N) is 1. The molecule has 4 heteroatoms. The Morgan fingerprint density at radius 3 is 2.55 bits per heavy atom. The molecule has 0 saturated carbocycles. The van der Waals surface area contributed by atoms with E-state index in [1.54, 1.807) is 6.92 Å². The van der Waals surface area contributed by atoms with Gasteiger partial charge < -0.3 is 4.90 Å². The van der Waals surface area contributed by atoms with Gasteiger partial charge in [-0.2, -0.15) is 0 Å². The molecule has 1 aliphatic heterocycles. The molecule has 20 heavy (non-hydrogen) atoms. The average molecular weight is 291 g/mol. The number of carbonyl (C=O) groups excluding carboxylic acids is 2. The number of rotatable bonds is 2. The second-order valence-corrected chi connectivity index (χ2v) is 7.68. The fourth-order valence-corrected chi connectivity index (χ4v) is 3.48. The Balaban J connectivity index is 2.29. The van der Waals surface area contributed by atoms with Crippen LogP contribution in [0.15, 0.2) is 24.3 Å². The molecule has 1 unspecified atom stereocenters. The Hall–Kier alpha value is -1.29. The van der Waals surface area contributed by atoms with E-state index in [2.05, 4.69) is 26.8 Å². The van der Waals surface area contributed by atoms with Crippen molar-refractivity contribution in [3.63, 3.8) is 0 Å². The van der Waals surface area contributed by atoms with Gasteiger partial charge in [-0.1, -0.05) is 50.7 Å². The van der Waals surface area contributed by atoms with Gasteiger partial charge in [-0.3, -0.25) is 9.59 Å². The maximum absolute atomic E-state index is 12.2. The monoisotopic (exact) mass is 291 g/mol. The standard InChI is InChI=1S/C16H21NO2S/c1-11(18)20-12-9-15(19)17(10-12)14-8-6-5-7-13(14)16(2,3)4/h5-8,12H,9-10H2,1-4H3. The summed E-state index contributed by atoms with van der Waals surface area (Å²) in [6.45, 7) is 8.62. The molecule has 2 rings (SSSR count). The van der Waals surface area contributed by atoms with Crippen LogP contribution in [0, 0.1) is 0 Å². The third kappa shape index (κ3) is 3.23. The number of hydrogen-bond donors (Lipinski definition) is 0. The number of anilines is 1. The first-order valence-electron chi connectivity index (χ1n) is 6.86. The Labute approximate surface area is 124 Å². The van der Waals surface area contributed by atoms with Crippen LogP contribution in [0.2, 0.25) is 0 Å². The van der Waals surface area contributed by atoms with Crippen molar-refractivity contribution in [2.45, 2.75) is 44.8 Å². The first kappa shape index (κ1) is 15.1. The molecule has 1 amide bonds. The summed E-state index contributed by atoms with van der Waals surface area (Å²) >= 11 is 1.28. The minimum Gasteiger partial charge on any atom is -0.311 e. The first-order chi connectivity index (χ1) is 9.29. The molecule has 1 aromatic carbocycles. The lowest BCUT2D eigenvalue weighted by Gasteiger charge is -2.27. The highest BCUT2D eigenvalue weighted by Gasteiger charge is 2.34. The molecule has 1 saturated heterocycles. The van der Waals surface area contributed by atoms with Gasteiger partial charge in [0.05, 0.1) is 0 Å². The molecule has 1 aliphatic rings. The Kier molecular flexibility index (Phi) is 4.23. The summed E-state index contributed by atoms with van der Waals surface area (Å²) in [5.74, 6) is 0.112. The van der Waals surface area contributed by atoms with Crippen LogP contribution >= 0.6 is 11.8 Å². The van der Waals surface area contributed by atoms with Gasteiger partial charge in [-0.05, 0) is 17.0 Å². The minimum absolute atomic E-state index is 0.0112. The van der Waals surface area contributed by atoms with Crippen molar-refractivity contribution in [3.05, 3.63) is 29.8 Å². The molecule has 1 aromatic rings. The Bertz CT molecular complexity index is 534. The normalized spacial score (nSPS) is 19.5. The van der Waals surface area contributed by atoms with Crippen molar-refractivity contribution in [2.24, 2.45) is 0 Å². The van der Waals surface area contributed by atoms with E-state index in [-0.39, 0.29) is 21.7 Å². The molecular formula is C16H21NO2S. The van der Waals surface area contributed by atoms with E-state index in [1.165, 1.54) is 17.3 Å². The van der Waals surface area contributed by atoms with Crippen LogP contribution in [0.5, 0.6) is 0 Å². The molecule has 0 aliphatic carbocycles. The second kappa shape index (κ2) is 5.60. The smallest absolute Gasteiger partial charge is 0.228 e. The van der Waals surface area contributed by atoms with Crippen molar-refractivity contribution in [2.75, 3.05) is 11.4 Å². The third-order valence-electron chi connectivity index (χ3n) is 3.43. The van der Waals surface area contributed by atoms with Crippen LogP contribution < -0.4 is 4.90 Å². The van der Waals surface area contributed by atoms with Crippen LogP contribution in [0.3, 0.4) is 0 Å². The van der Waals surface area contributed by atoms with E-state index in [4.69, 9.17) is 0 Å². The molecule has 0 spiro atoms. The highest BCUT2D eigenvalue weighted by Crippen LogP contribution is 2.35. The van der Waals surface area contributed by atoms with Gasteiger partial charge in [0.1, 0.15) is 0 Å². The lowest BCUT2D eigenvalue weighted by atomic mass is 9.85. The van der Waals surface area contributed by atoms with E-state index in [0.29, 0.717) is 13.0 Å². The molecule has 1 fully saturated rings. The van der Waals surface area contributed by atoms with Crippen molar-refractivity contribution in [1.82, 2.24) is 0 Å². The highest BCUT2D eigenvalue weighted by molar-refractivity contribution is 8.14. The number of hydrogen-bond acceptors (Lipinski definition) is 3. The summed E-state index contributed by atoms with van der Waals surface area (Å²) < 4.78 is 0. The third-order valence-corrected chi connectivity index (χ3v) is 4.41. The zero-order chi connectivity index (χ0) is 14.9. The lowest BCUT2D eigenvalue weighted by molar-refractivity contribution is -0.117. The average Bonchev–Trinajstić information content (AvgIpc) is 2.68. The lowest BCUT2D eigenvalue weighted by Crippen LogP contribution is -2.28. The topological polar surface area (TPSA) is 37.4 Å². The largest absolute Gasteiger partial charge is 0.311 e. The fraction of sp³-hybridized carbons (Fsp3) is 0.500. The van der Waals surface area contributed by atoms with Gasteiger partial charge in [-0.15, -0.1) is 0 Å². The molecule has 0 bridgehead atoms. The summed E-state index contributed by atoms with van der Waals surface area (Å²) in [5, 5.41) is 0.154. The predicted octanol–water partition coefficient (Wildman–Crippen LogP) is 3.37. The van der Waals surface area contributed by atoms with Gasteiger partial charge >= 0.3 is 0 Å². The van der Waals surface area contributed by atoms with Gasteiger partial charge in [0.15, 0.2) is 5.12 Å². The van der Waals surface area contributed by atoms with E-state index >= 15 is 0 Å². The van der Waals surface area contributed by atoms with Gasteiger partial charge in [0.25, 0.3) is 0 Å². The maximum atomic E-state index is 12.2. The number of carbonyl (C=O) groups is 2. The minimum atomic E-state index is -0.0112. The SMILES string of the molecule is CC(=O)SC1CC(=O)N(c2ccccc2C(C)(C)C)C1. The summed E-state index contributed by atoms with van der Waals surface area (Å²) in [7, 11) is 0. The van der Waals surface area contributed by atoms with Crippen molar-refractivity contribution < 1.29 is 9.59 Å². The summed E-state index contributed by atoms with van der Waals surface area (Å²) in [4.78, 5) is 25.3. The fourth-order valence-electron chi connectivity index (χ4n) is 2.56. The number of para-hydroxylation sites is 1. The number of benzene rings is 1. The molecule has 1 heterocycles. The first-order valence-corrected chi connectivity index (χ1v) is 7.74. The Morgan fingerprint density at radius 1 is 1.30 bits per heavy atom. The van der Waals surface area contributed by atoms with E-state index < -0.39 is 0 Å². The number of amides is 1. The molecule has 0 aromatic heterocycles. The van der Waals surface area contributed by atoms with E-state index in [9.17, 15) is 9.59 Å². The highest BCUT2D eigenvalue weighted by atomic mass is 32.2. The van der Waals surface area contributed by atoms with Crippen LogP contribution in [0.4, 0.5) is 5.69 Å². The predicted molar refractivity (Wildman–Crippen MR) is 84.2 cm³/mol. The van der Waals surface area contributed by atoms with Crippen LogP contribution in [0.1, 0.15) is 39.7 Å². The van der Waals surface area contributed by atoms with Crippen molar-refractivity contribution in [1.29, 1.82) is 0 Å². The van der Waals surface area contributed by atoms with Crippen molar-refractivity contribution >= 4 is 28.5 Å². The van der Waals surface area contributed by atoms with Gasteiger partial charge in [0.2, 0.25) is 5.91 Å². The van der Waals surface area contributed by atoms with Crippen LogP contribution in [-0.2, 0) is 15.0 Å². The summed E-state index contributed by atoms with van der Waals surface area (Å²) in [6, 6.07) is 8.04. The molecule has 0 N–H and O–H groups in total. The summed E-state index contributed by atoms with van der Waals surface area (Å²) in [5.41, 5.74) is 2.14. The zero-order valence-corrected chi connectivity index (χ0v) is 13.3. The summed E-state index contributed by atoms with van der Waals surface area (Å²) in [6.07, 6.45) is 0.447. The maximum Gasteiger partial charge on any atom is 0.228 e. The Morgan fingerprint density at radius 2 is 1.95 bits per heavy atom. The molecule has 108 valence electrons. The molecular weight excluding hydrogens is 270 g/mol. The molecule has 1 atom stereocenters.